The lowest BCUT2D eigenvalue weighted by Crippen LogP contribution is -2.19. The molecule has 2 heteroatoms. The van der Waals surface area contributed by atoms with E-state index in [1.54, 1.807) is 0 Å². The molecular formula is C57H45NO. The normalized spacial score (nSPS) is 15.7. The van der Waals surface area contributed by atoms with E-state index in [9.17, 15) is 0 Å². The summed E-state index contributed by atoms with van der Waals surface area (Å²) in [5.41, 5.74) is 23.6. The van der Waals surface area contributed by atoms with Gasteiger partial charge in [-0.2, -0.15) is 0 Å². The Balaban J connectivity index is 0.998. The summed E-state index contributed by atoms with van der Waals surface area (Å²) in [5, 5.41) is 2.31. The highest BCUT2D eigenvalue weighted by atomic mass is 16.3. The van der Waals surface area contributed by atoms with Crippen molar-refractivity contribution in [1.82, 2.24) is 0 Å². The first kappa shape index (κ1) is 34.4. The zero-order valence-corrected chi connectivity index (χ0v) is 34.4. The van der Waals surface area contributed by atoms with E-state index in [2.05, 4.69) is 198 Å². The Morgan fingerprint density at radius 3 is 1.27 bits per heavy atom. The van der Waals surface area contributed by atoms with E-state index < -0.39 is 0 Å². The van der Waals surface area contributed by atoms with E-state index in [4.69, 9.17) is 4.42 Å². The number of furan rings is 1. The second-order valence-electron chi connectivity index (χ2n) is 18.6. The fraction of sp³-hybridized carbons (Fsp3) is 0.158. The van der Waals surface area contributed by atoms with Gasteiger partial charge in [-0.15, -0.1) is 0 Å². The molecule has 1 heterocycles. The molecule has 0 bridgehead atoms. The quantitative estimate of drug-likeness (QED) is 0.178. The van der Waals surface area contributed by atoms with Crippen LogP contribution in [-0.2, 0) is 16.2 Å². The number of hydrogen-bond acceptors (Lipinski definition) is 2. The molecule has 12 rings (SSSR count). The average Bonchev–Trinajstić information content (AvgIpc) is 3.89. The Morgan fingerprint density at radius 1 is 0.322 bits per heavy atom. The Bertz CT molecular complexity index is 3160. The number of fused-ring (bicyclic) bond motifs is 12. The lowest BCUT2D eigenvalue weighted by Gasteiger charge is -2.31. The van der Waals surface area contributed by atoms with Crippen LogP contribution in [0.25, 0.3) is 66.4 Å². The summed E-state index contributed by atoms with van der Waals surface area (Å²) in [4.78, 5) is 2.51. The molecule has 9 aromatic rings. The topological polar surface area (TPSA) is 16.4 Å². The molecule has 0 atom stereocenters. The van der Waals surface area contributed by atoms with E-state index in [1.807, 2.05) is 12.1 Å². The SMILES string of the molecule is CC1(C)c2ccccc2-c2ccc(N(c3ccc4c(c3)C(C)(C)c3ccccc3-4)c3ccc4c(c3)C(C)(C)c3cc(-c5ccc6oc7ccccc7c6c5)ccc3-4)cc21. The van der Waals surface area contributed by atoms with Crippen molar-refractivity contribution in [1.29, 1.82) is 0 Å². The van der Waals surface area contributed by atoms with Crippen molar-refractivity contribution in [3.8, 4) is 44.5 Å². The van der Waals surface area contributed by atoms with Gasteiger partial charge < -0.3 is 9.32 Å². The first-order valence-electron chi connectivity index (χ1n) is 21.0. The van der Waals surface area contributed by atoms with Gasteiger partial charge in [0, 0.05) is 44.1 Å². The van der Waals surface area contributed by atoms with Crippen LogP contribution in [0.1, 0.15) is 74.9 Å². The first-order valence-corrected chi connectivity index (χ1v) is 21.0. The van der Waals surface area contributed by atoms with Gasteiger partial charge in [0.2, 0.25) is 0 Å². The Kier molecular flexibility index (Phi) is 6.84. The maximum absolute atomic E-state index is 6.18. The molecule has 1 aromatic heterocycles. The predicted molar refractivity (Wildman–Crippen MR) is 247 cm³/mol. The highest BCUT2D eigenvalue weighted by Crippen LogP contribution is 2.55. The van der Waals surface area contributed by atoms with Crippen LogP contribution in [-0.4, -0.2) is 0 Å². The predicted octanol–water partition coefficient (Wildman–Crippen LogP) is 15.6. The molecule has 0 radical (unpaired) electrons. The Morgan fingerprint density at radius 2 is 0.712 bits per heavy atom. The molecule has 0 saturated heterocycles. The second-order valence-corrected chi connectivity index (χ2v) is 18.6. The van der Waals surface area contributed by atoms with Crippen LogP contribution in [0.2, 0.25) is 0 Å². The van der Waals surface area contributed by atoms with Gasteiger partial charge in [0.05, 0.1) is 0 Å². The average molecular weight is 760 g/mol. The maximum Gasteiger partial charge on any atom is 0.135 e. The van der Waals surface area contributed by atoms with Crippen LogP contribution in [0, 0.1) is 0 Å². The molecule has 0 unspecified atom stereocenters. The van der Waals surface area contributed by atoms with Crippen molar-refractivity contribution in [3.63, 3.8) is 0 Å². The summed E-state index contributed by atoms with van der Waals surface area (Å²) < 4.78 is 6.18. The summed E-state index contributed by atoms with van der Waals surface area (Å²) in [7, 11) is 0. The third kappa shape index (κ3) is 4.69. The van der Waals surface area contributed by atoms with E-state index >= 15 is 0 Å². The molecule has 0 spiro atoms. The Hall–Kier alpha value is -6.64. The number of hydrogen-bond donors (Lipinski definition) is 0. The van der Waals surface area contributed by atoms with Crippen molar-refractivity contribution in [2.45, 2.75) is 57.8 Å². The number of anilines is 3. The van der Waals surface area contributed by atoms with Crippen molar-refractivity contribution in [2.24, 2.45) is 0 Å². The molecule has 0 aliphatic heterocycles. The third-order valence-corrected chi connectivity index (χ3v) is 14.3. The van der Waals surface area contributed by atoms with Crippen LogP contribution in [0.4, 0.5) is 17.1 Å². The Labute approximate surface area is 346 Å². The van der Waals surface area contributed by atoms with Gasteiger partial charge in [-0.1, -0.05) is 145 Å². The lowest BCUT2D eigenvalue weighted by molar-refractivity contribution is 0.659. The van der Waals surface area contributed by atoms with Gasteiger partial charge >= 0.3 is 0 Å². The lowest BCUT2D eigenvalue weighted by atomic mass is 9.81. The largest absolute Gasteiger partial charge is 0.456 e. The molecule has 0 N–H and O–H groups in total. The van der Waals surface area contributed by atoms with E-state index in [0.29, 0.717) is 0 Å². The molecule has 59 heavy (non-hydrogen) atoms. The summed E-state index contributed by atoms with van der Waals surface area (Å²) >= 11 is 0. The first-order chi connectivity index (χ1) is 28.5. The zero-order valence-electron chi connectivity index (χ0n) is 34.4. The van der Waals surface area contributed by atoms with Crippen molar-refractivity contribution in [2.75, 3.05) is 4.90 Å². The highest BCUT2D eigenvalue weighted by molar-refractivity contribution is 6.06. The third-order valence-electron chi connectivity index (χ3n) is 14.3. The van der Waals surface area contributed by atoms with Crippen molar-refractivity contribution >= 4 is 39.0 Å². The van der Waals surface area contributed by atoms with E-state index in [1.165, 1.54) is 95.0 Å². The van der Waals surface area contributed by atoms with Gasteiger partial charge in [0.15, 0.2) is 0 Å². The zero-order chi connectivity index (χ0) is 40.0. The van der Waals surface area contributed by atoms with Gasteiger partial charge in [-0.05, 0) is 139 Å². The minimum absolute atomic E-state index is 0.107. The van der Waals surface area contributed by atoms with Crippen LogP contribution in [0.15, 0.2) is 168 Å². The molecule has 0 fully saturated rings. The number of benzene rings is 8. The molecular weight excluding hydrogens is 715 g/mol. The molecule has 0 saturated carbocycles. The van der Waals surface area contributed by atoms with Crippen molar-refractivity contribution in [3.05, 3.63) is 197 Å². The molecule has 284 valence electrons. The monoisotopic (exact) mass is 759 g/mol. The number of rotatable bonds is 4. The van der Waals surface area contributed by atoms with Crippen LogP contribution >= 0.6 is 0 Å². The summed E-state index contributed by atoms with van der Waals surface area (Å²) in [5.74, 6) is 0. The van der Waals surface area contributed by atoms with Crippen LogP contribution in [0.3, 0.4) is 0 Å². The fourth-order valence-corrected chi connectivity index (χ4v) is 11.1. The number of para-hydroxylation sites is 1. The summed E-state index contributed by atoms with van der Waals surface area (Å²) in [6, 6.07) is 61.4. The van der Waals surface area contributed by atoms with Gasteiger partial charge in [0.1, 0.15) is 11.2 Å². The van der Waals surface area contributed by atoms with Crippen LogP contribution in [0.5, 0.6) is 0 Å². The summed E-state index contributed by atoms with van der Waals surface area (Å²) in [6.45, 7) is 14.3. The minimum Gasteiger partial charge on any atom is -0.456 e. The van der Waals surface area contributed by atoms with Gasteiger partial charge in [-0.3, -0.25) is 0 Å². The molecule has 0 amide bonds. The fourth-order valence-electron chi connectivity index (χ4n) is 11.1. The van der Waals surface area contributed by atoms with Crippen molar-refractivity contribution < 1.29 is 4.42 Å². The van der Waals surface area contributed by atoms with Gasteiger partial charge in [-0.25, -0.2) is 0 Å². The van der Waals surface area contributed by atoms with Gasteiger partial charge in [0.25, 0.3) is 0 Å². The molecule has 2 nitrogen and oxygen atoms in total. The van der Waals surface area contributed by atoms with E-state index in [0.717, 1.165) is 21.9 Å². The van der Waals surface area contributed by atoms with E-state index in [-0.39, 0.29) is 16.2 Å². The maximum atomic E-state index is 6.18. The summed E-state index contributed by atoms with van der Waals surface area (Å²) in [6.07, 6.45) is 0. The highest BCUT2D eigenvalue weighted by Gasteiger charge is 2.39. The second kappa shape index (κ2) is 11.7. The van der Waals surface area contributed by atoms with Crippen LogP contribution < -0.4 is 4.90 Å². The molecule has 8 aromatic carbocycles. The standard InChI is InChI=1S/C57H45NO/c1-55(2)47-16-10-7-13-39(47)42-25-21-36(31-50(42)55)58(37-22-26-43-40-14-8-11-17-48(40)56(3,4)51(43)32-37)38-23-27-44-41-24-19-35(30-49(41)57(5,6)52(44)33-38)34-20-28-54-46(29-34)45-15-9-12-18-53(45)59-54/h7-33H,1-6H3. The minimum atomic E-state index is -0.210. The smallest absolute Gasteiger partial charge is 0.135 e. The number of nitrogens with zero attached hydrogens (tertiary/aromatic N) is 1. The molecule has 3 aliphatic carbocycles. The molecule has 3 aliphatic rings.